The Morgan fingerprint density at radius 3 is 2.32 bits per heavy atom. The summed E-state index contributed by atoms with van der Waals surface area (Å²) in [5, 5.41) is 5.72. The summed E-state index contributed by atoms with van der Waals surface area (Å²) in [7, 11) is 0. The summed E-state index contributed by atoms with van der Waals surface area (Å²) in [5.41, 5.74) is 0.886. The van der Waals surface area contributed by atoms with Crippen LogP contribution in [-0.2, 0) is 11.2 Å². The van der Waals surface area contributed by atoms with E-state index in [1.807, 2.05) is 58.0 Å². The molecular weight excluding hydrogens is 278 g/mol. The Bertz CT molecular complexity index is 480. The SMILES string of the molecule is CCN(CC(=O)NC(C)(C)C)C(=O)NCCc1ccccc1. The minimum absolute atomic E-state index is 0.0743. The molecule has 122 valence electrons. The second-order valence-electron chi connectivity index (χ2n) is 6.28. The van der Waals surface area contributed by atoms with E-state index < -0.39 is 0 Å². The average Bonchev–Trinajstić information content (AvgIpc) is 2.44. The Morgan fingerprint density at radius 2 is 1.77 bits per heavy atom. The lowest BCUT2D eigenvalue weighted by molar-refractivity contribution is -0.123. The van der Waals surface area contributed by atoms with Crippen LogP contribution in [0.1, 0.15) is 33.3 Å². The van der Waals surface area contributed by atoms with Gasteiger partial charge in [0.05, 0.1) is 0 Å². The fourth-order valence-corrected chi connectivity index (χ4v) is 2.03. The van der Waals surface area contributed by atoms with Crippen molar-refractivity contribution < 1.29 is 9.59 Å². The van der Waals surface area contributed by atoms with Gasteiger partial charge in [-0.15, -0.1) is 0 Å². The van der Waals surface area contributed by atoms with Crippen molar-refractivity contribution in [1.29, 1.82) is 0 Å². The second-order valence-corrected chi connectivity index (χ2v) is 6.28. The van der Waals surface area contributed by atoms with E-state index in [4.69, 9.17) is 0 Å². The van der Waals surface area contributed by atoms with E-state index in [1.54, 1.807) is 0 Å². The highest BCUT2D eigenvalue weighted by Crippen LogP contribution is 2.00. The lowest BCUT2D eigenvalue weighted by Gasteiger charge is -2.25. The molecule has 22 heavy (non-hydrogen) atoms. The molecule has 1 aromatic rings. The van der Waals surface area contributed by atoms with Gasteiger partial charge >= 0.3 is 6.03 Å². The van der Waals surface area contributed by atoms with E-state index in [2.05, 4.69) is 10.6 Å². The zero-order valence-electron chi connectivity index (χ0n) is 14.0. The maximum atomic E-state index is 12.1. The van der Waals surface area contributed by atoms with E-state index in [-0.39, 0.29) is 24.0 Å². The quantitative estimate of drug-likeness (QED) is 0.846. The van der Waals surface area contributed by atoms with Gasteiger partial charge in [0.15, 0.2) is 0 Å². The zero-order valence-corrected chi connectivity index (χ0v) is 14.0. The molecule has 0 aliphatic heterocycles. The van der Waals surface area contributed by atoms with Crippen molar-refractivity contribution in [3.8, 4) is 0 Å². The molecule has 0 bridgehead atoms. The summed E-state index contributed by atoms with van der Waals surface area (Å²) in [6.45, 7) is 8.74. The fourth-order valence-electron chi connectivity index (χ4n) is 2.03. The molecule has 1 rings (SSSR count). The third-order valence-electron chi connectivity index (χ3n) is 3.05. The van der Waals surface area contributed by atoms with E-state index in [1.165, 1.54) is 10.5 Å². The predicted molar refractivity (Wildman–Crippen MR) is 88.7 cm³/mol. The number of benzene rings is 1. The van der Waals surface area contributed by atoms with E-state index in [9.17, 15) is 9.59 Å². The molecule has 5 nitrogen and oxygen atoms in total. The van der Waals surface area contributed by atoms with Gasteiger partial charge in [0.25, 0.3) is 0 Å². The third-order valence-corrected chi connectivity index (χ3v) is 3.05. The maximum Gasteiger partial charge on any atom is 0.317 e. The Labute approximate surface area is 133 Å². The van der Waals surface area contributed by atoms with Crippen LogP contribution in [0, 0.1) is 0 Å². The number of amides is 3. The molecule has 0 fully saturated rings. The van der Waals surface area contributed by atoms with E-state index in [0.29, 0.717) is 13.1 Å². The number of nitrogens with one attached hydrogen (secondary N) is 2. The lowest BCUT2D eigenvalue weighted by Crippen LogP contribution is -2.49. The van der Waals surface area contributed by atoms with Crippen molar-refractivity contribution in [2.24, 2.45) is 0 Å². The molecule has 1 aromatic carbocycles. The molecule has 0 heterocycles. The number of hydrogen-bond acceptors (Lipinski definition) is 2. The molecule has 3 amide bonds. The van der Waals surface area contributed by atoms with Crippen LogP contribution >= 0.6 is 0 Å². The predicted octanol–water partition coefficient (Wildman–Crippen LogP) is 2.18. The average molecular weight is 305 g/mol. The smallest absolute Gasteiger partial charge is 0.317 e. The fraction of sp³-hybridized carbons (Fsp3) is 0.529. The number of carbonyl (C=O) groups excluding carboxylic acids is 2. The van der Waals surface area contributed by atoms with Gasteiger partial charge in [-0.25, -0.2) is 4.79 Å². The van der Waals surface area contributed by atoms with Crippen molar-refractivity contribution in [1.82, 2.24) is 15.5 Å². The van der Waals surface area contributed by atoms with Crippen molar-refractivity contribution in [2.45, 2.75) is 39.7 Å². The number of carbonyl (C=O) groups is 2. The summed E-state index contributed by atoms with van der Waals surface area (Å²) in [4.78, 5) is 25.5. The molecule has 0 saturated heterocycles. The van der Waals surface area contributed by atoms with Crippen molar-refractivity contribution in [2.75, 3.05) is 19.6 Å². The van der Waals surface area contributed by atoms with Crippen molar-refractivity contribution >= 4 is 11.9 Å². The van der Waals surface area contributed by atoms with Crippen LogP contribution < -0.4 is 10.6 Å². The molecule has 2 N–H and O–H groups in total. The Hall–Kier alpha value is -2.04. The summed E-state index contributed by atoms with van der Waals surface area (Å²) < 4.78 is 0. The largest absolute Gasteiger partial charge is 0.350 e. The Morgan fingerprint density at radius 1 is 1.14 bits per heavy atom. The minimum atomic E-state index is -0.291. The first kappa shape index (κ1) is 18.0. The first-order valence-electron chi connectivity index (χ1n) is 7.69. The molecular formula is C17H27N3O2. The molecule has 0 aromatic heterocycles. The van der Waals surface area contributed by atoms with Crippen molar-refractivity contribution in [3.05, 3.63) is 35.9 Å². The molecule has 0 spiro atoms. The van der Waals surface area contributed by atoms with Crippen LogP contribution in [0.2, 0.25) is 0 Å². The van der Waals surface area contributed by atoms with E-state index in [0.717, 1.165) is 6.42 Å². The molecule has 0 unspecified atom stereocenters. The number of urea groups is 1. The van der Waals surface area contributed by atoms with Gasteiger partial charge in [0, 0.05) is 18.6 Å². The molecule has 0 aliphatic carbocycles. The lowest BCUT2D eigenvalue weighted by atomic mass is 10.1. The summed E-state index contributed by atoms with van der Waals surface area (Å²) >= 11 is 0. The van der Waals surface area contributed by atoms with Gasteiger partial charge in [-0.1, -0.05) is 30.3 Å². The van der Waals surface area contributed by atoms with Crippen LogP contribution in [0.25, 0.3) is 0 Å². The number of rotatable bonds is 6. The summed E-state index contributed by atoms with van der Waals surface area (Å²) in [5.74, 6) is -0.146. The Kier molecular flexibility index (Phi) is 6.89. The van der Waals surface area contributed by atoms with Crippen LogP contribution in [0.15, 0.2) is 30.3 Å². The minimum Gasteiger partial charge on any atom is -0.350 e. The van der Waals surface area contributed by atoms with Gasteiger partial charge < -0.3 is 15.5 Å². The number of likely N-dealkylation sites (N-methyl/N-ethyl adjacent to an activating group) is 1. The Balaban J connectivity index is 2.39. The summed E-state index contributed by atoms with van der Waals surface area (Å²) in [6, 6.07) is 9.77. The molecule has 0 saturated carbocycles. The monoisotopic (exact) mass is 305 g/mol. The van der Waals surface area contributed by atoms with Gasteiger partial charge in [-0.2, -0.15) is 0 Å². The first-order valence-corrected chi connectivity index (χ1v) is 7.69. The zero-order chi connectivity index (χ0) is 16.6. The normalized spacial score (nSPS) is 10.9. The maximum absolute atomic E-state index is 12.1. The van der Waals surface area contributed by atoms with Gasteiger partial charge in [-0.3, -0.25) is 4.79 Å². The van der Waals surface area contributed by atoms with Gasteiger partial charge in [0.2, 0.25) is 5.91 Å². The number of hydrogen-bond donors (Lipinski definition) is 2. The highest BCUT2D eigenvalue weighted by atomic mass is 16.2. The van der Waals surface area contributed by atoms with Crippen LogP contribution in [0.5, 0.6) is 0 Å². The van der Waals surface area contributed by atoms with Crippen LogP contribution in [0.3, 0.4) is 0 Å². The second kappa shape index (κ2) is 8.41. The number of nitrogens with zero attached hydrogens (tertiary/aromatic N) is 1. The first-order chi connectivity index (χ1) is 10.3. The standard InChI is InChI=1S/C17H27N3O2/c1-5-20(13-15(21)19-17(2,3)4)16(22)18-12-11-14-9-7-6-8-10-14/h6-10H,5,11-13H2,1-4H3,(H,18,22)(H,19,21). The molecule has 0 aliphatic rings. The van der Waals surface area contributed by atoms with Gasteiger partial charge in [0.1, 0.15) is 6.54 Å². The molecule has 0 radical (unpaired) electrons. The van der Waals surface area contributed by atoms with Crippen molar-refractivity contribution in [3.63, 3.8) is 0 Å². The summed E-state index contributed by atoms with van der Waals surface area (Å²) in [6.07, 6.45) is 0.776. The van der Waals surface area contributed by atoms with Gasteiger partial charge in [-0.05, 0) is 39.7 Å². The van der Waals surface area contributed by atoms with Crippen LogP contribution in [0.4, 0.5) is 4.79 Å². The highest BCUT2D eigenvalue weighted by molar-refractivity contribution is 5.84. The highest BCUT2D eigenvalue weighted by Gasteiger charge is 2.18. The topological polar surface area (TPSA) is 61.4 Å². The van der Waals surface area contributed by atoms with E-state index >= 15 is 0 Å². The third kappa shape index (κ3) is 7.11. The molecule has 0 atom stereocenters. The van der Waals surface area contributed by atoms with Crippen LogP contribution in [-0.4, -0.2) is 42.0 Å². The molecule has 5 heteroatoms.